The molecule has 0 atom stereocenters. The van der Waals surface area contributed by atoms with Gasteiger partial charge in [-0.25, -0.2) is 4.90 Å². The van der Waals surface area contributed by atoms with E-state index in [0.29, 0.717) is 17.0 Å². The van der Waals surface area contributed by atoms with Gasteiger partial charge in [0.2, 0.25) is 0 Å². The lowest BCUT2D eigenvalue weighted by Crippen LogP contribution is -2.32. The van der Waals surface area contributed by atoms with E-state index in [2.05, 4.69) is 12.2 Å². The van der Waals surface area contributed by atoms with Gasteiger partial charge < -0.3 is 10.2 Å². The second-order valence-corrected chi connectivity index (χ2v) is 8.90. The Morgan fingerprint density at radius 2 is 1.47 bits per heavy atom. The number of amides is 2. The van der Waals surface area contributed by atoms with Crippen LogP contribution in [0.3, 0.4) is 0 Å². The van der Waals surface area contributed by atoms with Crippen molar-refractivity contribution in [2.24, 2.45) is 0 Å². The molecule has 5 heteroatoms. The van der Waals surface area contributed by atoms with Crippen molar-refractivity contribution in [3.63, 3.8) is 0 Å². The number of rotatable bonds is 8. The Hall–Kier alpha value is -3.86. The van der Waals surface area contributed by atoms with E-state index < -0.39 is 0 Å². The summed E-state index contributed by atoms with van der Waals surface area (Å²) in [5.74, 6) is -0.666. The maximum Gasteiger partial charge on any atom is 0.282 e. The van der Waals surface area contributed by atoms with E-state index in [1.165, 1.54) is 10.5 Å². The Labute approximate surface area is 201 Å². The lowest BCUT2D eigenvalue weighted by molar-refractivity contribution is -0.120. The van der Waals surface area contributed by atoms with E-state index in [-0.39, 0.29) is 11.8 Å². The quantitative estimate of drug-likeness (QED) is 0.438. The minimum absolute atomic E-state index is 0.293. The van der Waals surface area contributed by atoms with Gasteiger partial charge in [0, 0.05) is 25.5 Å². The van der Waals surface area contributed by atoms with Gasteiger partial charge in [-0.1, -0.05) is 55.3 Å². The molecule has 1 heterocycles. The molecule has 0 bridgehead atoms. The van der Waals surface area contributed by atoms with Crippen LogP contribution in [-0.2, 0) is 16.0 Å². The van der Waals surface area contributed by atoms with Crippen LogP contribution in [0.25, 0.3) is 5.57 Å². The Morgan fingerprint density at radius 1 is 0.824 bits per heavy atom. The molecular weight excluding hydrogens is 422 g/mol. The Morgan fingerprint density at radius 3 is 2.06 bits per heavy atom. The summed E-state index contributed by atoms with van der Waals surface area (Å²) in [5.41, 5.74) is 6.08. The van der Waals surface area contributed by atoms with Crippen molar-refractivity contribution in [1.82, 2.24) is 0 Å². The van der Waals surface area contributed by atoms with Crippen molar-refractivity contribution in [1.29, 1.82) is 0 Å². The Kier molecular flexibility index (Phi) is 6.82. The molecule has 1 aliphatic rings. The zero-order valence-corrected chi connectivity index (χ0v) is 20.3. The number of carbonyl (C=O) groups excluding carboxylic acids is 2. The smallest absolute Gasteiger partial charge is 0.282 e. The van der Waals surface area contributed by atoms with E-state index in [4.69, 9.17) is 0 Å². The summed E-state index contributed by atoms with van der Waals surface area (Å²) in [6, 6.07) is 23.2. The van der Waals surface area contributed by atoms with Gasteiger partial charge in [0.25, 0.3) is 11.8 Å². The fraction of sp³-hybridized carbons (Fsp3) is 0.241. The number of hydrogen-bond acceptors (Lipinski definition) is 4. The van der Waals surface area contributed by atoms with Crippen molar-refractivity contribution in [2.75, 3.05) is 29.2 Å². The topological polar surface area (TPSA) is 52.7 Å². The predicted octanol–water partition coefficient (Wildman–Crippen LogP) is 5.80. The minimum atomic E-state index is -0.349. The van der Waals surface area contributed by atoms with Crippen LogP contribution in [0.4, 0.5) is 17.1 Å². The molecule has 0 unspecified atom stereocenters. The van der Waals surface area contributed by atoms with Gasteiger partial charge in [0.15, 0.2) is 0 Å². The zero-order chi connectivity index (χ0) is 24.2. The van der Waals surface area contributed by atoms with E-state index in [0.717, 1.165) is 41.8 Å². The van der Waals surface area contributed by atoms with Crippen LogP contribution >= 0.6 is 0 Å². The van der Waals surface area contributed by atoms with Crippen LogP contribution in [0.15, 0.2) is 78.5 Å². The number of carbonyl (C=O) groups is 2. The molecule has 174 valence electrons. The highest BCUT2D eigenvalue weighted by Gasteiger charge is 2.40. The molecule has 3 aromatic rings. The lowest BCUT2D eigenvalue weighted by atomic mass is 10.0. The second kappa shape index (κ2) is 9.96. The standard InChI is InChI=1S/C29H31N3O2/c1-5-6-7-21-10-16-25(17-11-21)32-28(33)26(22-12-8-20(2)9-13-22)27(29(32)34)30-23-14-18-24(19-15-23)31(3)4/h8-19,30H,5-7H2,1-4H3. The maximum absolute atomic E-state index is 13.6. The molecule has 0 spiro atoms. The fourth-order valence-corrected chi connectivity index (χ4v) is 4.05. The SMILES string of the molecule is CCCCc1ccc(N2C(=O)C(Nc3ccc(N(C)C)cc3)=C(c3ccc(C)cc3)C2=O)cc1. The first-order valence-corrected chi connectivity index (χ1v) is 11.7. The van der Waals surface area contributed by atoms with Crippen molar-refractivity contribution in [3.05, 3.63) is 95.2 Å². The first kappa shape index (κ1) is 23.3. The number of benzene rings is 3. The number of imide groups is 1. The van der Waals surface area contributed by atoms with Gasteiger partial charge in [0.05, 0.1) is 11.3 Å². The lowest BCUT2D eigenvalue weighted by Gasteiger charge is -2.16. The van der Waals surface area contributed by atoms with Crippen molar-refractivity contribution >= 4 is 34.4 Å². The summed E-state index contributed by atoms with van der Waals surface area (Å²) >= 11 is 0. The number of unbranched alkanes of at least 4 members (excludes halogenated alkanes) is 1. The van der Waals surface area contributed by atoms with E-state index in [1.54, 1.807) is 0 Å². The summed E-state index contributed by atoms with van der Waals surface area (Å²) in [5, 5.41) is 3.24. The van der Waals surface area contributed by atoms with Gasteiger partial charge in [0.1, 0.15) is 5.70 Å². The summed E-state index contributed by atoms with van der Waals surface area (Å²) in [6.07, 6.45) is 3.22. The van der Waals surface area contributed by atoms with Crippen molar-refractivity contribution < 1.29 is 9.59 Å². The highest BCUT2D eigenvalue weighted by atomic mass is 16.2. The van der Waals surface area contributed by atoms with Gasteiger partial charge in [-0.05, 0) is 67.3 Å². The van der Waals surface area contributed by atoms with Crippen LogP contribution < -0.4 is 15.1 Å². The van der Waals surface area contributed by atoms with Crippen molar-refractivity contribution in [3.8, 4) is 0 Å². The number of nitrogens with one attached hydrogen (secondary N) is 1. The van der Waals surface area contributed by atoms with Crippen molar-refractivity contribution in [2.45, 2.75) is 33.1 Å². The molecule has 3 aromatic carbocycles. The molecule has 4 rings (SSSR count). The summed E-state index contributed by atoms with van der Waals surface area (Å²) in [7, 11) is 3.95. The molecular formula is C29H31N3O2. The predicted molar refractivity (Wildman–Crippen MR) is 140 cm³/mol. The van der Waals surface area contributed by atoms with Crippen LogP contribution in [0, 0.1) is 6.92 Å². The van der Waals surface area contributed by atoms with Crippen LogP contribution in [0.2, 0.25) is 0 Å². The first-order valence-electron chi connectivity index (χ1n) is 11.7. The van der Waals surface area contributed by atoms with Crippen LogP contribution in [0.5, 0.6) is 0 Å². The summed E-state index contributed by atoms with van der Waals surface area (Å²) in [4.78, 5) is 30.5. The molecule has 2 amide bonds. The molecule has 1 N–H and O–H groups in total. The molecule has 1 aliphatic heterocycles. The third kappa shape index (κ3) is 4.74. The highest BCUT2D eigenvalue weighted by Crippen LogP contribution is 2.34. The molecule has 0 aliphatic carbocycles. The highest BCUT2D eigenvalue weighted by molar-refractivity contribution is 6.46. The number of hydrogen-bond donors (Lipinski definition) is 1. The maximum atomic E-state index is 13.6. The van der Waals surface area contributed by atoms with Gasteiger partial charge in [-0.2, -0.15) is 0 Å². The average Bonchev–Trinajstić information content (AvgIpc) is 3.08. The Balaban J connectivity index is 1.70. The number of aryl methyl sites for hydroxylation is 2. The molecule has 0 radical (unpaired) electrons. The third-order valence-corrected chi connectivity index (χ3v) is 6.09. The van der Waals surface area contributed by atoms with E-state index >= 15 is 0 Å². The summed E-state index contributed by atoms with van der Waals surface area (Å²) < 4.78 is 0. The van der Waals surface area contributed by atoms with Gasteiger partial charge >= 0.3 is 0 Å². The monoisotopic (exact) mass is 453 g/mol. The molecule has 5 nitrogen and oxygen atoms in total. The van der Waals surface area contributed by atoms with Crippen LogP contribution in [-0.4, -0.2) is 25.9 Å². The number of anilines is 3. The molecule has 0 saturated heterocycles. The second-order valence-electron chi connectivity index (χ2n) is 8.90. The van der Waals surface area contributed by atoms with E-state index in [1.807, 2.05) is 98.7 Å². The largest absolute Gasteiger partial charge is 0.378 e. The number of nitrogens with zero attached hydrogens (tertiary/aromatic N) is 2. The fourth-order valence-electron chi connectivity index (χ4n) is 4.05. The zero-order valence-electron chi connectivity index (χ0n) is 20.3. The third-order valence-electron chi connectivity index (χ3n) is 6.09. The minimum Gasteiger partial charge on any atom is -0.378 e. The summed E-state index contributed by atoms with van der Waals surface area (Å²) in [6.45, 7) is 4.16. The van der Waals surface area contributed by atoms with Gasteiger partial charge in [-0.3, -0.25) is 9.59 Å². The van der Waals surface area contributed by atoms with Crippen LogP contribution in [0.1, 0.15) is 36.5 Å². The molecule has 34 heavy (non-hydrogen) atoms. The normalized spacial score (nSPS) is 13.6. The molecule has 0 saturated carbocycles. The van der Waals surface area contributed by atoms with E-state index in [9.17, 15) is 9.59 Å². The average molecular weight is 454 g/mol. The molecule has 0 fully saturated rings. The molecule has 0 aromatic heterocycles. The van der Waals surface area contributed by atoms with Gasteiger partial charge in [-0.15, -0.1) is 0 Å². The first-order chi connectivity index (χ1) is 16.4. The Bertz CT molecular complexity index is 1210.